The van der Waals surface area contributed by atoms with E-state index in [0.717, 1.165) is 16.8 Å². The third kappa shape index (κ3) is 10.1. The normalized spacial score (nSPS) is 32.2. The Labute approximate surface area is 243 Å². The van der Waals surface area contributed by atoms with Crippen LogP contribution < -0.4 is 31.7 Å². The van der Waals surface area contributed by atoms with Gasteiger partial charge in [0.25, 0.3) is 21.2 Å². The molecule has 1 aromatic rings. The Morgan fingerprint density at radius 3 is 2.51 bits per heavy atom. The van der Waals surface area contributed by atoms with E-state index in [1.807, 2.05) is 4.98 Å². The highest BCUT2D eigenvalue weighted by Crippen LogP contribution is 2.57. The zero-order valence-electron chi connectivity index (χ0n) is 22.8. The molecular weight excluding hydrogens is 626 g/mol. The summed E-state index contributed by atoms with van der Waals surface area (Å²) in [6, 6.07) is -0.357. The van der Waals surface area contributed by atoms with E-state index in [1.165, 1.54) is 0 Å². The first-order chi connectivity index (χ1) is 20.2. The Bertz CT molecular complexity index is 1290. The number of phosphoric acid groups is 2. The molecule has 1 aromatic heterocycles. The second-order valence-corrected chi connectivity index (χ2v) is 12.6. The smallest absolute Gasteiger partial charge is 0.330 e. The Morgan fingerprint density at radius 2 is 1.86 bits per heavy atom. The van der Waals surface area contributed by atoms with Crippen molar-refractivity contribution in [3.05, 3.63) is 33.1 Å². The van der Waals surface area contributed by atoms with Crippen LogP contribution in [0.1, 0.15) is 31.9 Å². The summed E-state index contributed by atoms with van der Waals surface area (Å²) >= 11 is 0. The molecule has 2 fully saturated rings. The first kappa shape index (κ1) is 35.6. The van der Waals surface area contributed by atoms with Crippen LogP contribution in [0.2, 0.25) is 0 Å². The third-order valence-electron chi connectivity index (χ3n) is 6.46. The fraction of sp³-hybridized carbons (Fsp3) is 0.762. The molecule has 0 aliphatic carbocycles. The van der Waals surface area contributed by atoms with E-state index in [4.69, 9.17) is 14.0 Å². The average Bonchev–Trinajstić information content (AvgIpc) is 3.19. The molecular formula is C21H34N4O16P2-2. The molecule has 0 aromatic carbocycles. The molecule has 1 amide bonds. The Balaban J connectivity index is 1.61. The Hall–Kier alpha value is -1.87. The van der Waals surface area contributed by atoms with Crippen LogP contribution in [0.15, 0.2) is 21.9 Å². The molecule has 3 rings (SSSR count). The summed E-state index contributed by atoms with van der Waals surface area (Å²) in [6.45, 7) is -1.20. The minimum atomic E-state index is -5.84. The number of aliphatic hydroxyl groups excluding tert-OH is 4. The van der Waals surface area contributed by atoms with Crippen molar-refractivity contribution in [2.24, 2.45) is 0 Å². The van der Waals surface area contributed by atoms with Crippen LogP contribution in [0, 0.1) is 0 Å². The lowest BCUT2D eigenvalue weighted by Gasteiger charge is -2.41. The molecule has 0 bridgehead atoms. The summed E-state index contributed by atoms with van der Waals surface area (Å²) in [5.74, 6) is -0.535. The number of nitrogens with zero attached hydrogens (tertiary/aromatic N) is 1. The standard InChI is InChI=1S/C21H36N4O16P2/c1-22-6-3-2-4-15(28)23-11-8-12(27)13(9-26)39-20(11)40-43(35,36)41-42(33,34)37-10-14-17(30)18(31)19(38-14)25-7-5-16(29)24-21(25)32/h5,7,11-14,17-20,22,26-27,30-31H,2-4,6,8-10H2,1H3,(H,23,28)(H,33,34)(H,35,36)(H,24,29,32)/p-2/t11?,12-,13?,14?,17?,18?,19?,20-/m1/s1. The van der Waals surface area contributed by atoms with E-state index in [2.05, 4.69) is 19.5 Å². The number of aromatic amines is 1. The Morgan fingerprint density at radius 1 is 1.14 bits per heavy atom. The van der Waals surface area contributed by atoms with Gasteiger partial charge in [0.05, 0.1) is 25.4 Å². The van der Waals surface area contributed by atoms with E-state index < -0.39 is 95.1 Å². The number of ether oxygens (including phenoxy) is 2. The van der Waals surface area contributed by atoms with Gasteiger partial charge in [-0.25, -0.2) is 9.11 Å². The first-order valence-corrected chi connectivity index (χ1v) is 16.0. The number of unbranched alkanes of at least 4 members (excludes halogenated alkanes) is 1. The number of phosphoric ester groups is 2. The highest BCUT2D eigenvalue weighted by Gasteiger charge is 2.45. The van der Waals surface area contributed by atoms with Crippen LogP contribution in [0.5, 0.6) is 0 Å². The molecule has 0 spiro atoms. The maximum Gasteiger partial charge on any atom is 0.330 e. The number of nitrogens with one attached hydrogen (secondary N) is 3. The van der Waals surface area contributed by atoms with E-state index in [1.54, 1.807) is 7.05 Å². The van der Waals surface area contributed by atoms with Crippen molar-refractivity contribution in [1.82, 2.24) is 20.2 Å². The number of hydrogen-bond donors (Lipinski definition) is 7. The number of rotatable bonds is 15. The summed E-state index contributed by atoms with van der Waals surface area (Å²) in [4.78, 5) is 62.3. The van der Waals surface area contributed by atoms with E-state index in [-0.39, 0.29) is 12.8 Å². The summed E-state index contributed by atoms with van der Waals surface area (Å²) in [5.41, 5.74) is -1.75. The highest BCUT2D eigenvalue weighted by atomic mass is 31.3. The minimum absolute atomic E-state index is 0.0427. The second-order valence-electron chi connectivity index (χ2n) is 9.70. The van der Waals surface area contributed by atoms with Gasteiger partial charge >= 0.3 is 5.69 Å². The van der Waals surface area contributed by atoms with Gasteiger partial charge in [-0.1, -0.05) is 0 Å². The number of amides is 1. The van der Waals surface area contributed by atoms with Crippen molar-refractivity contribution in [3.8, 4) is 0 Å². The molecule has 2 aliphatic rings. The molecule has 22 heteroatoms. The maximum atomic E-state index is 12.5. The minimum Gasteiger partial charge on any atom is -0.756 e. The number of aliphatic hydroxyl groups is 4. The van der Waals surface area contributed by atoms with Crippen molar-refractivity contribution in [2.45, 2.75) is 74.8 Å². The first-order valence-electron chi connectivity index (χ1n) is 13.0. The van der Waals surface area contributed by atoms with Gasteiger partial charge in [-0.2, -0.15) is 0 Å². The van der Waals surface area contributed by atoms with E-state index >= 15 is 0 Å². The van der Waals surface area contributed by atoms with Gasteiger partial charge in [0.2, 0.25) is 5.91 Å². The van der Waals surface area contributed by atoms with Crippen molar-refractivity contribution < 1.29 is 67.0 Å². The molecule has 2 saturated heterocycles. The van der Waals surface area contributed by atoms with Crippen molar-refractivity contribution in [3.63, 3.8) is 0 Å². The van der Waals surface area contributed by atoms with Crippen molar-refractivity contribution in [2.75, 3.05) is 26.8 Å². The predicted octanol–water partition coefficient (Wildman–Crippen LogP) is -4.51. The third-order valence-corrected chi connectivity index (χ3v) is 8.99. The largest absolute Gasteiger partial charge is 0.756 e. The van der Waals surface area contributed by atoms with Crippen molar-refractivity contribution >= 4 is 21.6 Å². The predicted molar refractivity (Wildman–Crippen MR) is 137 cm³/mol. The molecule has 7 N–H and O–H groups in total. The maximum absolute atomic E-state index is 12.5. The molecule has 43 heavy (non-hydrogen) atoms. The molecule has 20 nitrogen and oxygen atoms in total. The molecule has 3 heterocycles. The van der Waals surface area contributed by atoms with Crippen molar-refractivity contribution in [1.29, 1.82) is 0 Å². The molecule has 246 valence electrons. The van der Waals surface area contributed by atoms with E-state index in [0.29, 0.717) is 19.4 Å². The molecule has 10 atom stereocenters. The summed E-state index contributed by atoms with van der Waals surface area (Å²) in [6.07, 6.45) is -9.52. The van der Waals surface area contributed by atoms with Gasteiger partial charge in [-0.3, -0.25) is 32.8 Å². The van der Waals surface area contributed by atoms with Gasteiger partial charge in [0.1, 0.15) is 24.4 Å². The average molecular weight is 660 g/mol. The molecule has 0 radical (unpaired) electrons. The lowest BCUT2D eigenvalue weighted by atomic mass is 10.0. The molecule has 0 saturated carbocycles. The summed E-state index contributed by atoms with van der Waals surface area (Å²) in [7, 11) is -9.88. The van der Waals surface area contributed by atoms with Crippen LogP contribution in [0.25, 0.3) is 0 Å². The van der Waals surface area contributed by atoms with E-state index in [9.17, 15) is 53.7 Å². The molecule has 2 aliphatic heterocycles. The quantitative estimate of drug-likeness (QED) is 0.0688. The topological polar surface area (TPSA) is 303 Å². The SMILES string of the molecule is CNCCCCC(=O)NC1C[C@@H](O)C(CO)O[C@@H]1OP(=O)([O-])OP(=O)([O-])OCC1OC(n2ccc(=O)[nH]c2=O)C(O)C1O. The lowest BCUT2D eigenvalue weighted by Crippen LogP contribution is -2.56. The summed E-state index contributed by atoms with van der Waals surface area (Å²) in [5, 5.41) is 45.4. The second kappa shape index (κ2) is 15.4. The van der Waals surface area contributed by atoms with Gasteiger partial charge in [-0.15, -0.1) is 0 Å². The van der Waals surface area contributed by atoms with Crippen LogP contribution in [-0.2, 0) is 36.8 Å². The van der Waals surface area contributed by atoms with Crippen LogP contribution in [-0.4, -0.2) is 106 Å². The van der Waals surface area contributed by atoms with Crippen LogP contribution >= 0.6 is 15.6 Å². The summed E-state index contributed by atoms with van der Waals surface area (Å²) < 4.78 is 49.3. The zero-order valence-corrected chi connectivity index (χ0v) is 24.5. The zero-order chi connectivity index (χ0) is 31.9. The van der Waals surface area contributed by atoms with Gasteiger partial charge in [-0.05, 0) is 26.4 Å². The number of carbonyl (C=O) groups excluding carboxylic acids is 1. The van der Waals surface area contributed by atoms with Gasteiger partial charge in [0.15, 0.2) is 12.5 Å². The van der Waals surface area contributed by atoms with Crippen LogP contribution in [0.4, 0.5) is 0 Å². The number of H-pyrrole nitrogens is 1. The van der Waals surface area contributed by atoms with Gasteiger partial charge in [0, 0.05) is 25.1 Å². The fourth-order valence-corrected chi connectivity index (χ4v) is 6.42. The molecule has 8 unspecified atom stereocenters. The number of carbonyl (C=O) groups is 1. The lowest BCUT2D eigenvalue weighted by molar-refractivity contribution is -0.273. The number of aromatic nitrogens is 2. The Kier molecular flexibility index (Phi) is 12.8. The fourth-order valence-electron chi connectivity index (χ4n) is 4.32. The highest BCUT2D eigenvalue weighted by molar-refractivity contribution is 7.59. The number of hydrogen-bond acceptors (Lipinski definition) is 17. The van der Waals surface area contributed by atoms with Crippen LogP contribution in [0.3, 0.4) is 0 Å². The monoisotopic (exact) mass is 660 g/mol. The van der Waals surface area contributed by atoms with Gasteiger partial charge < -0.3 is 54.8 Å².